The van der Waals surface area contributed by atoms with Crippen LogP contribution in [0.1, 0.15) is 24.8 Å². The number of methoxy groups -OCH3 is 1. The summed E-state index contributed by atoms with van der Waals surface area (Å²) in [6.45, 7) is 1.38. The van der Waals surface area contributed by atoms with Crippen LogP contribution in [0.2, 0.25) is 0 Å². The van der Waals surface area contributed by atoms with Crippen LogP contribution < -0.4 is 20.3 Å². The number of ether oxygens (including phenoxy) is 1. The molecule has 0 atom stereocenters. The molecule has 2 aromatic carbocycles. The number of carbonyl (C=O) groups is 3. The fraction of sp³-hybridized carbons (Fsp3) is 0.348. The molecule has 1 saturated heterocycles. The molecule has 1 heterocycles. The summed E-state index contributed by atoms with van der Waals surface area (Å²) in [6.07, 6.45) is 1.50. The third kappa shape index (κ3) is 5.97. The standard InChI is InChI=1S/C23H28N4O4/c1-26(16-17-7-4-3-5-8-17)23(30)24-13-12-21(28)25-18-10-11-19(20(15-18)31-2)27-14-6-9-22(27)29/h3-5,7-8,10-11,15H,6,9,12-14,16H2,1-2H3,(H,24,30)(H,25,28). The first-order valence-electron chi connectivity index (χ1n) is 10.3. The van der Waals surface area contributed by atoms with Crippen LogP contribution in [0.25, 0.3) is 0 Å². The van der Waals surface area contributed by atoms with Gasteiger partial charge in [-0.2, -0.15) is 0 Å². The van der Waals surface area contributed by atoms with Crippen molar-refractivity contribution in [1.29, 1.82) is 0 Å². The molecule has 0 spiro atoms. The van der Waals surface area contributed by atoms with E-state index in [1.165, 1.54) is 7.11 Å². The van der Waals surface area contributed by atoms with E-state index in [4.69, 9.17) is 4.74 Å². The second-order valence-electron chi connectivity index (χ2n) is 7.41. The van der Waals surface area contributed by atoms with E-state index in [0.29, 0.717) is 36.6 Å². The molecule has 1 aliphatic heterocycles. The number of anilines is 2. The van der Waals surface area contributed by atoms with Crippen molar-refractivity contribution in [1.82, 2.24) is 10.2 Å². The summed E-state index contributed by atoms with van der Waals surface area (Å²) in [5.41, 5.74) is 2.31. The number of urea groups is 1. The van der Waals surface area contributed by atoms with Gasteiger partial charge < -0.3 is 25.2 Å². The third-order valence-corrected chi connectivity index (χ3v) is 5.07. The van der Waals surface area contributed by atoms with E-state index in [2.05, 4.69) is 10.6 Å². The molecule has 0 saturated carbocycles. The number of nitrogens with zero attached hydrogens (tertiary/aromatic N) is 2. The SMILES string of the molecule is COc1cc(NC(=O)CCNC(=O)N(C)Cc2ccccc2)ccc1N1CCCC1=O. The zero-order chi connectivity index (χ0) is 22.2. The van der Waals surface area contributed by atoms with Crippen molar-refractivity contribution >= 4 is 29.2 Å². The van der Waals surface area contributed by atoms with E-state index in [-0.39, 0.29) is 30.8 Å². The number of benzene rings is 2. The van der Waals surface area contributed by atoms with E-state index in [1.54, 1.807) is 35.0 Å². The summed E-state index contributed by atoms with van der Waals surface area (Å²) in [5.74, 6) is 0.380. The Labute approximate surface area is 182 Å². The maximum absolute atomic E-state index is 12.3. The molecule has 31 heavy (non-hydrogen) atoms. The minimum atomic E-state index is -0.238. The average Bonchev–Trinajstić information content (AvgIpc) is 3.19. The Kier molecular flexibility index (Phi) is 7.48. The highest BCUT2D eigenvalue weighted by molar-refractivity contribution is 5.98. The predicted octanol–water partition coefficient (Wildman–Crippen LogP) is 2.99. The molecule has 0 unspecified atom stereocenters. The van der Waals surface area contributed by atoms with Crippen LogP contribution in [-0.2, 0) is 16.1 Å². The van der Waals surface area contributed by atoms with Gasteiger partial charge in [-0.3, -0.25) is 9.59 Å². The molecule has 0 aliphatic carbocycles. The lowest BCUT2D eigenvalue weighted by atomic mass is 10.2. The number of rotatable bonds is 8. The van der Waals surface area contributed by atoms with Crippen molar-refractivity contribution in [3.05, 3.63) is 54.1 Å². The Hall–Kier alpha value is -3.55. The average molecular weight is 425 g/mol. The van der Waals surface area contributed by atoms with Crippen molar-refractivity contribution in [2.24, 2.45) is 0 Å². The van der Waals surface area contributed by atoms with Gasteiger partial charge >= 0.3 is 6.03 Å². The normalized spacial score (nSPS) is 13.1. The summed E-state index contributed by atoms with van der Waals surface area (Å²) in [4.78, 5) is 39.7. The molecule has 3 rings (SSSR count). The van der Waals surface area contributed by atoms with E-state index in [0.717, 1.165) is 12.0 Å². The number of amides is 4. The maximum Gasteiger partial charge on any atom is 0.317 e. The van der Waals surface area contributed by atoms with Crippen molar-refractivity contribution in [2.75, 3.05) is 37.5 Å². The molecule has 0 aromatic heterocycles. The number of hydrogen-bond acceptors (Lipinski definition) is 4. The lowest BCUT2D eigenvalue weighted by Crippen LogP contribution is -2.38. The molecule has 164 valence electrons. The van der Waals surface area contributed by atoms with Crippen LogP contribution in [0.5, 0.6) is 5.75 Å². The fourth-order valence-electron chi connectivity index (χ4n) is 3.45. The monoisotopic (exact) mass is 424 g/mol. The number of hydrogen-bond donors (Lipinski definition) is 2. The highest BCUT2D eigenvalue weighted by atomic mass is 16.5. The number of nitrogens with one attached hydrogen (secondary N) is 2. The molecule has 0 bridgehead atoms. The van der Waals surface area contributed by atoms with Crippen molar-refractivity contribution in [3.63, 3.8) is 0 Å². The highest BCUT2D eigenvalue weighted by Crippen LogP contribution is 2.33. The van der Waals surface area contributed by atoms with Gasteiger partial charge in [0.1, 0.15) is 5.75 Å². The minimum Gasteiger partial charge on any atom is -0.494 e. The van der Waals surface area contributed by atoms with E-state index in [9.17, 15) is 14.4 Å². The summed E-state index contributed by atoms with van der Waals surface area (Å²) < 4.78 is 5.41. The van der Waals surface area contributed by atoms with Gasteiger partial charge in [0.2, 0.25) is 11.8 Å². The Morgan fingerprint density at radius 2 is 1.94 bits per heavy atom. The Balaban J connectivity index is 1.47. The van der Waals surface area contributed by atoms with Crippen LogP contribution in [0, 0.1) is 0 Å². The molecule has 1 fully saturated rings. The Morgan fingerprint density at radius 3 is 2.61 bits per heavy atom. The molecule has 8 heteroatoms. The first-order valence-corrected chi connectivity index (χ1v) is 10.3. The van der Waals surface area contributed by atoms with Crippen molar-refractivity contribution in [3.8, 4) is 5.75 Å². The lowest BCUT2D eigenvalue weighted by molar-refractivity contribution is -0.117. The largest absolute Gasteiger partial charge is 0.494 e. The predicted molar refractivity (Wildman–Crippen MR) is 119 cm³/mol. The van der Waals surface area contributed by atoms with Crippen LogP contribution in [0.15, 0.2) is 48.5 Å². The van der Waals surface area contributed by atoms with Crippen molar-refractivity contribution < 1.29 is 19.1 Å². The maximum atomic E-state index is 12.3. The molecule has 8 nitrogen and oxygen atoms in total. The quantitative estimate of drug-likeness (QED) is 0.682. The van der Waals surface area contributed by atoms with Gasteiger partial charge in [-0.05, 0) is 24.1 Å². The van der Waals surface area contributed by atoms with Crippen LogP contribution >= 0.6 is 0 Å². The van der Waals surface area contributed by atoms with E-state index in [1.807, 2.05) is 30.3 Å². The second kappa shape index (κ2) is 10.5. The van der Waals surface area contributed by atoms with E-state index >= 15 is 0 Å². The number of carbonyl (C=O) groups excluding carboxylic acids is 3. The molecular weight excluding hydrogens is 396 g/mol. The van der Waals surface area contributed by atoms with Gasteiger partial charge in [0.25, 0.3) is 0 Å². The molecule has 2 aromatic rings. The van der Waals surface area contributed by atoms with Crippen LogP contribution in [-0.4, -0.2) is 50.0 Å². The van der Waals surface area contributed by atoms with Gasteiger partial charge in [-0.25, -0.2) is 4.79 Å². The Morgan fingerprint density at radius 1 is 1.16 bits per heavy atom. The lowest BCUT2D eigenvalue weighted by Gasteiger charge is -2.20. The molecule has 2 N–H and O–H groups in total. The van der Waals surface area contributed by atoms with Gasteiger partial charge in [0, 0.05) is 51.3 Å². The summed E-state index contributed by atoms with van der Waals surface area (Å²) >= 11 is 0. The van der Waals surface area contributed by atoms with Crippen LogP contribution in [0.4, 0.5) is 16.2 Å². The highest BCUT2D eigenvalue weighted by Gasteiger charge is 2.24. The second-order valence-corrected chi connectivity index (χ2v) is 7.41. The fourth-order valence-corrected chi connectivity index (χ4v) is 3.45. The summed E-state index contributed by atoms with van der Waals surface area (Å²) in [6, 6.07) is 14.7. The van der Waals surface area contributed by atoms with E-state index < -0.39 is 0 Å². The smallest absolute Gasteiger partial charge is 0.317 e. The molecule has 0 radical (unpaired) electrons. The summed E-state index contributed by atoms with van der Waals surface area (Å²) in [5, 5.41) is 5.55. The zero-order valence-corrected chi connectivity index (χ0v) is 17.9. The topological polar surface area (TPSA) is 91.0 Å². The van der Waals surface area contributed by atoms with Gasteiger partial charge in [-0.1, -0.05) is 30.3 Å². The molecule has 1 aliphatic rings. The minimum absolute atomic E-state index is 0.0723. The molecule has 4 amide bonds. The summed E-state index contributed by atoms with van der Waals surface area (Å²) in [7, 11) is 3.24. The first-order chi connectivity index (χ1) is 15.0. The van der Waals surface area contributed by atoms with Gasteiger partial charge in [-0.15, -0.1) is 0 Å². The third-order valence-electron chi connectivity index (χ3n) is 5.07. The van der Waals surface area contributed by atoms with Crippen molar-refractivity contribution in [2.45, 2.75) is 25.8 Å². The van der Waals surface area contributed by atoms with Gasteiger partial charge in [0.15, 0.2) is 0 Å². The first kappa shape index (κ1) is 22.1. The Bertz CT molecular complexity index is 932. The molecular formula is C23H28N4O4. The zero-order valence-electron chi connectivity index (χ0n) is 17.9. The van der Waals surface area contributed by atoms with Gasteiger partial charge in [0.05, 0.1) is 12.8 Å². The van der Waals surface area contributed by atoms with Crippen LogP contribution in [0.3, 0.4) is 0 Å².